The van der Waals surface area contributed by atoms with E-state index in [4.69, 9.17) is 4.98 Å². The Morgan fingerprint density at radius 2 is 1.74 bits per heavy atom. The molecule has 0 N–H and O–H groups in total. The van der Waals surface area contributed by atoms with E-state index in [1.54, 1.807) is 11.8 Å². The monoisotopic (exact) mass is 388 g/mol. The number of nitrogens with zero attached hydrogens (tertiary/aromatic N) is 2. The lowest BCUT2D eigenvalue weighted by Gasteiger charge is -2.22. The lowest BCUT2D eigenvalue weighted by molar-refractivity contribution is 0.357. The van der Waals surface area contributed by atoms with Crippen LogP contribution in [0.3, 0.4) is 0 Å². The van der Waals surface area contributed by atoms with Gasteiger partial charge >= 0.3 is 0 Å². The normalized spacial score (nSPS) is 12.0. The van der Waals surface area contributed by atoms with Gasteiger partial charge in [-0.1, -0.05) is 71.9 Å². The second-order valence-corrected chi connectivity index (χ2v) is 8.10. The fourth-order valence-electron chi connectivity index (χ4n) is 2.42. The van der Waals surface area contributed by atoms with E-state index < -0.39 is 0 Å². The molecule has 120 valence electrons. The lowest BCUT2D eigenvalue weighted by Crippen LogP contribution is -2.16. The van der Waals surface area contributed by atoms with E-state index in [0.29, 0.717) is 0 Å². The van der Waals surface area contributed by atoms with Gasteiger partial charge in [0.15, 0.2) is 5.16 Å². The Balaban J connectivity index is 1.94. The number of alkyl halides is 1. The summed E-state index contributed by atoms with van der Waals surface area (Å²) in [5, 5.41) is 2.08. The Bertz CT molecular complexity index is 780. The highest BCUT2D eigenvalue weighted by molar-refractivity contribution is 9.09. The summed E-state index contributed by atoms with van der Waals surface area (Å²) in [5.41, 5.74) is 2.57. The molecule has 2 aromatic carbocycles. The van der Waals surface area contributed by atoms with E-state index in [1.165, 1.54) is 10.4 Å². The van der Waals surface area contributed by atoms with Gasteiger partial charge in [-0.3, -0.25) is 0 Å². The summed E-state index contributed by atoms with van der Waals surface area (Å²) >= 11 is 5.37. The second kappa shape index (κ2) is 7.10. The molecule has 3 aromatic rings. The third-order valence-electron chi connectivity index (χ3n) is 3.95. The minimum absolute atomic E-state index is 0.278. The predicted molar refractivity (Wildman–Crippen MR) is 102 cm³/mol. The van der Waals surface area contributed by atoms with Crippen molar-refractivity contribution in [1.82, 2.24) is 9.55 Å². The molecule has 0 bridgehead atoms. The molecule has 1 heterocycles. The number of halogens is 1. The van der Waals surface area contributed by atoms with Crippen molar-refractivity contribution in [2.24, 2.45) is 5.41 Å². The average Bonchev–Trinajstić information content (AvgIpc) is 2.91. The Morgan fingerprint density at radius 3 is 2.48 bits per heavy atom. The number of rotatable bonds is 6. The van der Waals surface area contributed by atoms with E-state index >= 15 is 0 Å². The molecular weight excluding hydrogens is 368 g/mol. The van der Waals surface area contributed by atoms with Crippen LogP contribution >= 0.6 is 27.7 Å². The van der Waals surface area contributed by atoms with Gasteiger partial charge in [0.1, 0.15) is 0 Å². The molecule has 0 spiro atoms. The molecule has 0 radical (unpaired) electrons. The number of aromatic nitrogens is 2. The van der Waals surface area contributed by atoms with Crippen LogP contribution in [0, 0.1) is 5.41 Å². The second-order valence-electron chi connectivity index (χ2n) is 6.50. The first-order valence-corrected chi connectivity index (χ1v) is 9.77. The number of para-hydroxylation sites is 2. The van der Waals surface area contributed by atoms with Crippen molar-refractivity contribution in [1.29, 1.82) is 0 Å². The third kappa shape index (κ3) is 3.99. The molecule has 3 rings (SSSR count). The zero-order valence-electron chi connectivity index (χ0n) is 13.5. The lowest BCUT2D eigenvalue weighted by atomic mass is 9.92. The number of imidazole rings is 1. The van der Waals surface area contributed by atoms with Gasteiger partial charge in [0.25, 0.3) is 0 Å². The van der Waals surface area contributed by atoms with E-state index in [0.717, 1.165) is 29.0 Å². The highest BCUT2D eigenvalue weighted by Gasteiger charge is 2.18. The van der Waals surface area contributed by atoms with Gasteiger partial charge in [-0.25, -0.2) is 4.98 Å². The molecule has 0 fully saturated rings. The van der Waals surface area contributed by atoms with Crippen LogP contribution in [0.15, 0.2) is 64.6 Å². The fraction of sp³-hybridized carbons (Fsp3) is 0.316. The molecule has 0 unspecified atom stereocenters. The Hall–Kier alpha value is -1.26. The van der Waals surface area contributed by atoms with Gasteiger partial charge in [0.05, 0.1) is 11.0 Å². The summed E-state index contributed by atoms with van der Waals surface area (Å²) < 4.78 is 2.36. The van der Waals surface area contributed by atoms with Gasteiger partial charge < -0.3 is 4.57 Å². The number of hydrogen-bond acceptors (Lipinski definition) is 2. The Kier molecular flexibility index (Phi) is 5.12. The molecule has 0 saturated heterocycles. The van der Waals surface area contributed by atoms with Crippen molar-refractivity contribution >= 4 is 38.7 Å². The van der Waals surface area contributed by atoms with Crippen LogP contribution in [0.25, 0.3) is 11.0 Å². The molecule has 1 aromatic heterocycles. The molecule has 4 heteroatoms. The summed E-state index contributed by atoms with van der Waals surface area (Å²) in [6, 6.07) is 18.9. The SMILES string of the molecule is CC(C)(CBr)CCn1c(Sc2ccccc2)nc2ccccc21. The summed E-state index contributed by atoms with van der Waals surface area (Å²) in [7, 11) is 0. The van der Waals surface area contributed by atoms with Crippen molar-refractivity contribution in [3.05, 3.63) is 54.6 Å². The third-order valence-corrected chi connectivity index (χ3v) is 6.47. The fourth-order valence-corrected chi connectivity index (χ4v) is 3.65. The molecule has 0 aliphatic rings. The van der Waals surface area contributed by atoms with Gasteiger partial charge in [-0.15, -0.1) is 0 Å². The van der Waals surface area contributed by atoms with Crippen LogP contribution in [0.2, 0.25) is 0 Å². The van der Waals surface area contributed by atoms with E-state index in [1.807, 2.05) is 6.07 Å². The minimum Gasteiger partial charge on any atom is -0.319 e. The number of fused-ring (bicyclic) bond motifs is 1. The van der Waals surface area contributed by atoms with Crippen molar-refractivity contribution in [3.63, 3.8) is 0 Å². The Morgan fingerprint density at radius 1 is 1.04 bits per heavy atom. The van der Waals surface area contributed by atoms with Crippen molar-refractivity contribution in [2.75, 3.05) is 5.33 Å². The first-order valence-electron chi connectivity index (χ1n) is 7.83. The van der Waals surface area contributed by atoms with Crippen LogP contribution in [0.5, 0.6) is 0 Å². The zero-order valence-corrected chi connectivity index (χ0v) is 15.9. The smallest absolute Gasteiger partial charge is 0.173 e. The van der Waals surface area contributed by atoms with Crippen LogP contribution in [0.4, 0.5) is 0 Å². The molecule has 23 heavy (non-hydrogen) atoms. The standard InChI is InChI=1S/C19H21BrN2S/c1-19(2,14-20)12-13-22-17-11-7-6-10-16(17)21-18(22)23-15-8-4-3-5-9-15/h3-11H,12-14H2,1-2H3. The van der Waals surface area contributed by atoms with E-state index in [2.05, 4.69) is 82.9 Å². The predicted octanol–water partition coefficient (Wildman–Crippen LogP) is 6.00. The van der Waals surface area contributed by atoms with Crippen molar-refractivity contribution in [3.8, 4) is 0 Å². The molecule has 0 atom stereocenters. The quantitative estimate of drug-likeness (QED) is 0.481. The number of aryl methyl sites for hydroxylation is 1. The molecule has 0 aliphatic heterocycles. The highest BCUT2D eigenvalue weighted by atomic mass is 79.9. The van der Waals surface area contributed by atoms with Gasteiger partial charge in [0.2, 0.25) is 0 Å². The van der Waals surface area contributed by atoms with Crippen molar-refractivity contribution in [2.45, 2.75) is 36.9 Å². The molecule has 0 amide bonds. The summed E-state index contributed by atoms with van der Waals surface area (Å²) in [4.78, 5) is 6.07. The zero-order chi connectivity index (χ0) is 16.3. The maximum absolute atomic E-state index is 4.85. The van der Waals surface area contributed by atoms with Crippen LogP contribution < -0.4 is 0 Å². The van der Waals surface area contributed by atoms with Crippen LogP contribution in [0.1, 0.15) is 20.3 Å². The number of benzene rings is 2. The maximum atomic E-state index is 4.85. The summed E-state index contributed by atoms with van der Waals surface area (Å²) in [6.07, 6.45) is 1.11. The highest BCUT2D eigenvalue weighted by Crippen LogP contribution is 2.32. The summed E-state index contributed by atoms with van der Waals surface area (Å²) in [5.74, 6) is 0. The van der Waals surface area contributed by atoms with Crippen LogP contribution in [-0.4, -0.2) is 14.9 Å². The van der Waals surface area contributed by atoms with Crippen LogP contribution in [-0.2, 0) is 6.54 Å². The largest absolute Gasteiger partial charge is 0.319 e. The van der Waals surface area contributed by atoms with E-state index in [-0.39, 0.29) is 5.41 Å². The van der Waals surface area contributed by atoms with Gasteiger partial charge in [0, 0.05) is 16.8 Å². The summed E-state index contributed by atoms with van der Waals surface area (Å²) in [6.45, 7) is 5.57. The Labute approximate surface area is 150 Å². The van der Waals surface area contributed by atoms with Gasteiger partial charge in [-0.2, -0.15) is 0 Å². The number of hydrogen-bond donors (Lipinski definition) is 0. The molecule has 0 saturated carbocycles. The minimum atomic E-state index is 0.278. The van der Waals surface area contributed by atoms with Crippen molar-refractivity contribution < 1.29 is 0 Å². The maximum Gasteiger partial charge on any atom is 0.173 e. The van der Waals surface area contributed by atoms with Gasteiger partial charge in [-0.05, 0) is 36.1 Å². The topological polar surface area (TPSA) is 17.8 Å². The average molecular weight is 389 g/mol. The molecular formula is C19H21BrN2S. The first-order chi connectivity index (χ1) is 11.1. The first kappa shape index (κ1) is 16.6. The van der Waals surface area contributed by atoms with E-state index in [9.17, 15) is 0 Å². The molecule has 0 aliphatic carbocycles. The molecule has 2 nitrogen and oxygen atoms in total.